The van der Waals surface area contributed by atoms with Crippen LogP contribution in [0.25, 0.3) is 0 Å². The zero-order valence-electron chi connectivity index (χ0n) is 11.7. The number of carbonyl (C=O) groups excluding carboxylic acids is 1. The zero-order chi connectivity index (χ0) is 13.4. The smallest absolute Gasteiger partial charge is 0.246 e. The van der Waals surface area contributed by atoms with Gasteiger partial charge in [-0.3, -0.25) is 4.79 Å². The van der Waals surface area contributed by atoms with E-state index < -0.39 is 0 Å². The molecule has 0 radical (unpaired) electrons. The van der Waals surface area contributed by atoms with Gasteiger partial charge in [0.05, 0.1) is 6.61 Å². The van der Waals surface area contributed by atoms with Gasteiger partial charge in [-0.1, -0.05) is 33.1 Å². The Bertz CT molecular complexity index is 257. The van der Waals surface area contributed by atoms with Gasteiger partial charge in [0.15, 0.2) is 0 Å². The molecule has 2 unspecified atom stereocenters. The number of hydrogen-bond acceptors (Lipinski definition) is 3. The van der Waals surface area contributed by atoms with E-state index in [0.717, 1.165) is 38.5 Å². The van der Waals surface area contributed by atoms with Gasteiger partial charge in [-0.05, 0) is 19.3 Å². The molecule has 4 nitrogen and oxygen atoms in total. The first-order chi connectivity index (χ1) is 8.62. The standard InChI is InChI=1S/C14H27NO3/c1-3-4-5-9-18-10-13(17)15-12-7-6-8-14(12,2)11-16/h12,16H,3-11H2,1-2H3,(H,15,17). The summed E-state index contributed by atoms with van der Waals surface area (Å²) in [5, 5.41) is 12.4. The summed E-state index contributed by atoms with van der Waals surface area (Å²) in [6.45, 7) is 5.11. The first kappa shape index (κ1) is 15.4. The van der Waals surface area contributed by atoms with E-state index in [1.807, 2.05) is 6.92 Å². The molecule has 0 aromatic rings. The minimum absolute atomic E-state index is 0.0573. The van der Waals surface area contributed by atoms with Crippen molar-refractivity contribution in [3.63, 3.8) is 0 Å². The molecule has 0 heterocycles. The van der Waals surface area contributed by atoms with Crippen molar-refractivity contribution < 1.29 is 14.6 Å². The van der Waals surface area contributed by atoms with E-state index in [1.165, 1.54) is 0 Å². The Kier molecular flexibility index (Phi) is 6.65. The highest BCUT2D eigenvalue weighted by Crippen LogP contribution is 2.37. The van der Waals surface area contributed by atoms with Crippen LogP contribution >= 0.6 is 0 Å². The van der Waals surface area contributed by atoms with E-state index in [4.69, 9.17) is 4.74 Å². The van der Waals surface area contributed by atoms with Crippen LogP contribution in [0.3, 0.4) is 0 Å². The zero-order valence-corrected chi connectivity index (χ0v) is 11.7. The first-order valence-electron chi connectivity index (χ1n) is 7.10. The Balaban J connectivity index is 2.19. The Morgan fingerprint density at radius 1 is 1.50 bits per heavy atom. The average Bonchev–Trinajstić information content (AvgIpc) is 2.71. The van der Waals surface area contributed by atoms with Crippen LogP contribution in [0.1, 0.15) is 52.4 Å². The molecule has 2 N–H and O–H groups in total. The van der Waals surface area contributed by atoms with Crippen molar-refractivity contribution in [3.05, 3.63) is 0 Å². The summed E-state index contributed by atoms with van der Waals surface area (Å²) in [5.74, 6) is -0.0573. The largest absolute Gasteiger partial charge is 0.396 e. The van der Waals surface area contributed by atoms with E-state index in [1.54, 1.807) is 0 Å². The Morgan fingerprint density at radius 2 is 2.28 bits per heavy atom. The number of aliphatic hydroxyl groups is 1. The topological polar surface area (TPSA) is 58.6 Å². The van der Waals surface area contributed by atoms with E-state index in [0.29, 0.717) is 6.61 Å². The second-order valence-corrected chi connectivity index (χ2v) is 5.58. The summed E-state index contributed by atoms with van der Waals surface area (Å²) in [5.41, 5.74) is -0.155. The molecule has 0 aromatic carbocycles. The molecule has 0 bridgehead atoms. The number of nitrogens with one attached hydrogen (secondary N) is 1. The molecule has 1 fully saturated rings. The van der Waals surface area contributed by atoms with Crippen LogP contribution in [0.5, 0.6) is 0 Å². The van der Waals surface area contributed by atoms with Gasteiger partial charge in [0.25, 0.3) is 0 Å². The summed E-state index contributed by atoms with van der Waals surface area (Å²) >= 11 is 0. The van der Waals surface area contributed by atoms with Gasteiger partial charge in [-0.2, -0.15) is 0 Å². The SMILES string of the molecule is CCCCCOCC(=O)NC1CCCC1(C)CO. The number of aliphatic hydroxyl groups excluding tert-OH is 1. The number of ether oxygens (including phenoxy) is 1. The van der Waals surface area contributed by atoms with Gasteiger partial charge >= 0.3 is 0 Å². The molecule has 0 saturated heterocycles. The lowest BCUT2D eigenvalue weighted by atomic mass is 9.86. The molecule has 1 saturated carbocycles. The van der Waals surface area contributed by atoms with Gasteiger partial charge in [0, 0.05) is 18.1 Å². The van der Waals surface area contributed by atoms with Gasteiger partial charge in [-0.15, -0.1) is 0 Å². The van der Waals surface area contributed by atoms with E-state index in [9.17, 15) is 9.90 Å². The lowest BCUT2D eigenvalue weighted by molar-refractivity contribution is -0.127. The van der Waals surface area contributed by atoms with E-state index in [-0.39, 0.29) is 30.6 Å². The van der Waals surface area contributed by atoms with Crippen molar-refractivity contribution in [2.45, 2.75) is 58.4 Å². The van der Waals surface area contributed by atoms with Crippen LogP contribution in [0.2, 0.25) is 0 Å². The van der Waals surface area contributed by atoms with Crippen LogP contribution in [-0.4, -0.2) is 36.9 Å². The fourth-order valence-electron chi connectivity index (χ4n) is 2.52. The summed E-state index contributed by atoms with van der Waals surface area (Å²) in [6.07, 6.45) is 6.32. The summed E-state index contributed by atoms with van der Waals surface area (Å²) in [4.78, 5) is 11.7. The highest BCUT2D eigenvalue weighted by atomic mass is 16.5. The number of hydrogen-bond donors (Lipinski definition) is 2. The summed E-state index contributed by atoms with van der Waals surface area (Å²) in [6, 6.07) is 0.0919. The highest BCUT2D eigenvalue weighted by Gasteiger charge is 2.38. The Hall–Kier alpha value is -0.610. The molecule has 2 atom stereocenters. The van der Waals surface area contributed by atoms with Crippen LogP contribution in [0.4, 0.5) is 0 Å². The minimum Gasteiger partial charge on any atom is -0.396 e. The number of rotatable bonds is 8. The van der Waals surface area contributed by atoms with Crippen LogP contribution in [-0.2, 0) is 9.53 Å². The molecule has 1 amide bonds. The van der Waals surface area contributed by atoms with Crippen LogP contribution in [0.15, 0.2) is 0 Å². The molecule has 18 heavy (non-hydrogen) atoms. The van der Waals surface area contributed by atoms with Crippen molar-refractivity contribution >= 4 is 5.91 Å². The lowest BCUT2D eigenvalue weighted by Gasteiger charge is -2.30. The number of amides is 1. The average molecular weight is 257 g/mol. The molecule has 1 aliphatic carbocycles. The van der Waals surface area contributed by atoms with E-state index >= 15 is 0 Å². The van der Waals surface area contributed by atoms with Crippen molar-refractivity contribution in [3.8, 4) is 0 Å². The molecule has 106 valence electrons. The number of carbonyl (C=O) groups is 1. The van der Waals surface area contributed by atoms with Gasteiger partial charge < -0.3 is 15.2 Å². The second-order valence-electron chi connectivity index (χ2n) is 5.58. The maximum Gasteiger partial charge on any atom is 0.246 e. The molecule has 0 aliphatic heterocycles. The van der Waals surface area contributed by atoms with E-state index in [2.05, 4.69) is 12.2 Å². The summed E-state index contributed by atoms with van der Waals surface area (Å²) < 4.78 is 5.34. The quantitative estimate of drug-likeness (QED) is 0.653. The third-order valence-corrected chi connectivity index (χ3v) is 3.90. The second kappa shape index (κ2) is 7.74. The third kappa shape index (κ3) is 4.58. The molecule has 1 aliphatic rings. The molecule has 1 rings (SSSR count). The maximum absolute atomic E-state index is 11.7. The summed E-state index contributed by atoms with van der Waals surface area (Å²) in [7, 11) is 0. The van der Waals surface area contributed by atoms with Crippen LogP contribution < -0.4 is 5.32 Å². The maximum atomic E-state index is 11.7. The van der Waals surface area contributed by atoms with Gasteiger partial charge in [0.2, 0.25) is 5.91 Å². The highest BCUT2D eigenvalue weighted by molar-refractivity contribution is 5.77. The monoisotopic (exact) mass is 257 g/mol. The van der Waals surface area contributed by atoms with Crippen molar-refractivity contribution in [1.29, 1.82) is 0 Å². The first-order valence-corrected chi connectivity index (χ1v) is 7.10. The molecular formula is C14H27NO3. The van der Waals surface area contributed by atoms with Crippen LogP contribution in [0, 0.1) is 5.41 Å². The predicted molar refractivity (Wildman–Crippen MR) is 71.3 cm³/mol. The normalized spacial score (nSPS) is 27.4. The lowest BCUT2D eigenvalue weighted by Crippen LogP contribution is -2.46. The molecule has 4 heteroatoms. The van der Waals surface area contributed by atoms with Crippen molar-refractivity contribution in [1.82, 2.24) is 5.32 Å². The molecular weight excluding hydrogens is 230 g/mol. The third-order valence-electron chi connectivity index (χ3n) is 3.90. The molecule has 0 spiro atoms. The van der Waals surface area contributed by atoms with Gasteiger partial charge in [0.1, 0.15) is 6.61 Å². The fraction of sp³-hybridized carbons (Fsp3) is 0.929. The molecule has 0 aromatic heterocycles. The fourth-order valence-corrected chi connectivity index (χ4v) is 2.52. The Labute approximate surface area is 110 Å². The number of unbranched alkanes of at least 4 members (excludes halogenated alkanes) is 2. The van der Waals surface area contributed by atoms with Crippen molar-refractivity contribution in [2.24, 2.45) is 5.41 Å². The van der Waals surface area contributed by atoms with Gasteiger partial charge in [-0.25, -0.2) is 0 Å². The minimum atomic E-state index is -0.155. The predicted octanol–water partition coefficient (Wildman–Crippen LogP) is 1.86. The Morgan fingerprint density at radius 3 is 2.94 bits per heavy atom. The van der Waals surface area contributed by atoms with Crippen molar-refractivity contribution in [2.75, 3.05) is 19.8 Å².